The molecule has 0 aliphatic carbocycles. The third-order valence-corrected chi connectivity index (χ3v) is 3.62. The number of aliphatic carboxylic acids is 1. The third-order valence-electron chi connectivity index (χ3n) is 3.62. The van der Waals surface area contributed by atoms with E-state index in [4.69, 9.17) is 5.11 Å². The first kappa shape index (κ1) is 20.2. The topological polar surface area (TPSA) is 87.7 Å². The molecule has 0 aliphatic heterocycles. The standard InChI is InChI=1S/C19H20F2N2O4/c20-18(21)27-16-9-8-15(23-19(26)22-10-4-7-17(24)25)12-14(16)11-13-5-2-1-3-6-13/h1-3,5-6,8-9,12,18H,4,7,10-11H2,(H,24,25)(H2,22,23,26). The Morgan fingerprint density at radius 1 is 1.11 bits per heavy atom. The van der Waals surface area contributed by atoms with Crippen molar-refractivity contribution in [2.75, 3.05) is 11.9 Å². The monoisotopic (exact) mass is 378 g/mol. The number of amides is 2. The summed E-state index contributed by atoms with van der Waals surface area (Å²) in [6.45, 7) is -2.74. The van der Waals surface area contributed by atoms with E-state index in [1.807, 2.05) is 30.3 Å². The molecule has 2 aromatic carbocycles. The minimum Gasteiger partial charge on any atom is -0.481 e. The van der Waals surface area contributed by atoms with Gasteiger partial charge in [0.1, 0.15) is 5.75 Å². The van der Waals surface area contributed by atoms with Gasteiger partial charge in [-0.2, -0.15) is 8.78 Å². The highest BCUT2D eigenvalue weighted by atomic mass is 19.3. The van der Waals surface area contributed by atoms with Crippen molar-refractivity contribution < 1.29 is 28.2 Å². The smallest absolute Gasteiger partial charge is 0.387 e. The van der Waals surface area contributed by atoms with Crippen LogP contribution >= 0.6 is 0 Å². The van der Waals surface area contributed by atoms with Crippen LogP contribution in [-0.4, -0.2) is 30.3 Å². The number of carbonyl (C=O) groups is 2. The highest BCUT2D eigenvalue weighted by molar-refractivity contribution is 5.89. The number of nitrogens with one attached hydrogen (secondary N) is 2. The molecular weight excluding hydrogens is 358 g/mol. The van der Waals surface area contributed by atoms with Crippen LogP contribution < -0.4 is 15.4 Å². The number of hydrogen-bond acceptors (Lipinski definition) is 3. The molecule has 0 aliphatic rings. The summed E-state index contributed by atoms with van der Waals surface area (Å²) in [7, 11) is 0. The second-order valence-electron chi connectivity index (χ2n) is 5.74. The maximum Gasteiger partial charge on any atom is 0.387 e. The number of hydrogen-bond donors (Lipinski definition) is 3. The lowest BCUT2D eigenvalue weighted by Gasteiger charge is -2.14. The van der Waals surface area contributed by atoms with Crippen molar-refractivity contribution in [1.82, 2.24) is 5.32 Å². The van der Waals surface area contributed by atoms with Crippen LogP contribution in [0, 0.1) is 0 Å². The minimum atomic E-state index is -2.95. The van der Waals surface area contributed by atoms with Gasteiger partial charge in [0.25, 0.3) is 0 Å². The number of carbonyl (C=O) groups excluding carboxylic acids is 1. The molecule has 0 spiro atoms. The molecule has 3 N–H and O–H groups in total. The van der Waals surface area contributed by atoms with Crippen LogP contribution in [0.1, 0.15) is 24.0 Å². The highest BCUT2D eigenvalue weighted by Gasteiger charge is 2.12. The van der Waals surface area contributed by atoms with Crippen molar-refractivity contribution in [3.63, 3.8) is 0 Å². The fourth-order valence-electron chi connectivity index (χ4n) is 2.44. The first-order valence-corrected chi connectivity index (χ1v) is 8.32. The van der Waals surface area contributed by atoms with Gasteiger partial charge in [-0.05, 0) is 30.2 Å². The average molecular weight is 378 g/mol. The van der Waals surface area contributed by atoms with Crippen molar-refractivity contribution in [1.29, 1.82) is 0 Å². The van der Waals surface area contributed by atoms with Gasteiger partial charge in [0, 0.05) is 30.6 Å². The number of ether oxygens (including phenoxy) is 1. The van der Waals surface area contributed by atoms with E-state index in [2.05, 4.69) is 15.4 Å². The number of carboxylic acid groups (broad SMARTS) is 1. The van der Waals surface area contributed by atoms with E-state index in [-0.39, 0.29) is 18.7 Å². The maximum atomic E-state index is 12.6. The maximum absolute atomic E-state index is 12.6. The summed E-state index contributed by atoms with van der Waals surface area (Å²) in [4.78, 5) is 22.3. The van der Waals surface area contributed by atoms with E-state index in [0.29, 0.717) is 24.1 Å². The van der Waals surface area contributed by atoms with Crippen LogP contribution in [0.2, 0.25) is 0 Å². The van der Waals surface area contributed by atoms with Crippen molar-refractivity contribution in [2.24, 2.45) is 0 Å². The molecule has 0 radical (unpaired) electrons. The lowest BCUT2D eigenvalue weighted by Crippen LogP contribution is -2.29. The minimum absolute atomic E-state index is 0.0405. The van der Waals surface area contributed by atoms with Crippen molar-refractivity contribution in [3.05, 3.63) is 59.7 Å². The van der Waals surface area contributed by atoms with Gasteiger partial charge in [-0.25, -0.2) is 4.79 Å². The van der Waals surface area contributed by atoms with Crippen LogP contribution in [0.3, 0.4) is 0 Å². The Balaban J connectivity index is 2.05. The molecule has 8 heteroatoms. The van der Waals surface area contributed by atoms with Gasteiger partial charge in [-0.3, -0.25) is 4.79 Å². The van der Waals surface area contributed by atoms with E-state index in [9.17, 15) is 18.4 Å². The predicted molar refractivity (Wildman–Crippen MR) is 96.2 cm³/mol. The summed E-state index contributed by atoms with van der Waals surface area (Å²) >= 11 is 0. The summed E-state index contributed by atoms with van der Waals surface area (Å²) in [6.07, 6.45) is 0.628. The summed E-state index contributed by atoms with van der Waals surface area (Å²) in [6, 6.07) is 13.2. The molecule has 0 fully saturated rings. The second kappa shape index (κ2) is 10.1. The Morgan fingerprint density at radius 3 is 2.52 bits per heavy atom. The van der Waals surface area contributed by atoms with E-state index >= 15 is 0 Å². The normalized spacial score (nSPS) is 10.5. The molecule has 0 aromatic heterocycles. The lowest BCUT2D eigenvalue weighted by molar-refractivity contribution is -0.137. The van der Waals surface area contributed by atoms with Crippen LogP contribution in [-0.2, 0) is 11.2 Å². The van der Waals surface area contributed by atoms with Crippen molar-refractivity contribution in [3.8, 4) is 5.75 Å². The predicted octanol–water partition coefficient (Wildman–Crippen LogP) is 3.87. The number of halogens is 2. The van der Waals surface area contributed by atoms with Gasteiger partial charge in [0.2, 0.25) is 0 Å². The second-order valence-corrected chi connectivity index (χ2v) is 5.74. The molecule has 0 saturated carbocycles. The molecule has 144 valence electrons. The number of anilines is 1. The number of rotatable bonds is 9. The summed E-state index contributed by atoms with van der Waals surface area (Å²) in [5, 5.41) is 13.7. The zero-order valence-corrected chi connectivity index (χ0v) is 14.5. The molecule has 2 amide bonds. The lowest BCUT2D eigenvalue weighted by atomic mass is 10.0. The molecule has 2 aromatic rings. The molecule has 0 unspecified atom stereocenters. The van der Waals surface area contributed by atoms with Gasteiger partial charge in [-0.1, -0.05) is 30.3 Å². The summed E-state index contributed by atoms with van der Waals surface area (Å²) < 4.78 is 29.8. The number of benzene rings is 2. The van der Waals surface area contributed by atoms with Crippen LogP contribution in [0.15, 0.2) is 48.5 Å². The van der Waals surface area contributed by atoms with E-state index in [0.717, 1.165) is 5.56 Å². The van der Waals surface area contributed by atoms with E-state index in [1.165, 1.54) is 12.1 Å². The van der Waals surface area contributed by atoms with Gasteiger partial charge in [0.15, 0.2) is 0 Å². The van der Waals surface area contributed by atoms with E-state index in [1.54, 1.807) is 6.07 Å². The largest absolute Gasteiger partial charge is 0.481 e. The summed E-state index contributed by atoms with van der Waals surface area (Å²) in [5.41, 5.74) is 1.83. The number of carboxylic acids is 1. The molecule has 2 rings (SSSR count). The summed E-state index contributed by atoms with van der Waals surface area (Å²) in [5.74, 6) is -0.890. The highest BCUT2D eigenvalue weighted by Crippen LogP contribution is 2.27. The molecule has 0 saturated heterocycles. The SMILES string of the molecule is O=C(O)CCCNC(=O)Nc1ccc(OC(F)F)c(Cc2ccccc2)c1. The van der Waals surface area contributed by atoms with Crippen molar-refractivity contribution in [2.45, 2.75) is 25.9 Å². The molecule has 6 nitrogen and oxygen atoms in total. The first-order chi connectivity index (χ1) is 12.9. The average Bonchev–Trinajstić information content (AvgIpc) is 2.61. The number of urea groups is 1. The Kier molecular flexibility index (Phi) is 7.54. The Bertz CT molecular complexity index is 770. The molecule has 0 heterocycles. The fraction of sp³-hybridized carbons (Fsp3) is 0.263. The fourth-order valence-corrected chi connectivity index (χ4v) is 2.44. The molecule has 0 bridgehead atoms. The third kappa shape index (κ3) is 7.31. The number of alkyl halides is 2. The Labute approximate surface area is 155 Å². The van der Waals surface area contributed by atoms with Crippen molar-refractivity contribution >= 4 is 17.7 Å². The first-order valence-electron chi connectivity index (χ1n) is 8.32. The zero-order valence-electron chi connectivity index (χ0n) is 14.5. The van der Waals surface area contributed by atoms with Gasteiger partial charge in [-0.15, -0.1) is 0 Å². The van der Waals surface area contributed by atoms with Gasteiger partial charge in [0.05, 0.1) is 0 Å². The quantitative estimate of drug-likeness (QED) is 0.578. The zero-order chi connectivity index (χ0) is 19.6. The van der Waals surface area contributed by atoms with Crippen LogP contribution in [0.4, 0.5) is 19.3 Å². The Hall–Kier alpha value is -3.16. The van der Waals surface area contributed by atoms with Gasteiger partial charge < -0.3 is 20.5 Å². The molecule has 27 heavy (non-hydrogen) atoms. The Morgan fingerprint density at radius 2 is 1.85 bits per heavy atom. The molecular formula is C19H20F2N2O4. The van der Waals surface area contributed by atoms with Crippen LogP contribution in [0.5, 0.6) is 5.75 Å². The van der Waals surface area contributed by atoms with Crippen LogP contribution in [0.25, 0.3) is 0 Å². The molecule has 0 atom stereocenters. The van der Waals surface area contributed by atoms with Gasteiger partial charge >= 0.3 is 18.6 Å². The van der Waals surface area contributed by atoms with E-state index < -0.39 is 18.6 Å².